The maximum Gasteiger partial charge on any atom is -0.00771 e. The van der Waals surface area contributed by atoms with Crippen molar-refractivity contribution in [2.75, 3.05) is 6.54 Å². The van der Waals surface area contributed by atoms with Gasteiger partial charge in [0.25, 0.3) is 0 Å². The van der Waals surface area contributed by atoms with E-state index >= 15 is 0 Å². The Labute approximate surface area is 57.9 Å². The Balaban J connectivity index is 3.15. The lowest BCUT2D eigenvalue weighted by molar-refractivity contribution is 0.612. The van der Waals surface area contributed by atoms with E-state index in [9.17, 15) is 0 Å². The maximum absolute atomic E-state index is 5.35. The van der Waals surface area contributed by atoms with Gasteiger partial charge < -0.3 is 5.73 Å². The fourth-order valence-electron chi connectivity index (χ4n) is 0.865. The van der Waals surface area contributed by atoms with Crippen LogP contribution in [0.3, 0.4) is 0 Å². The van der Waals surface area contributed by atoms with E-state index in [0.717, 1.165) is 13.0 Å². The number of rotatable bonds is 4. The van der Waals surface area contributed by atoms with Crippen LogP contribution >= 0.6 is 0 Å². The van der Waals surface area contributed by atoms with Crippen LogP contribution < -0.4 is 5.73 Å². The molecule has 0 rings (SSSR count). The summed E-state index contributed by atoms with van der Waals surface area (Å²) in [4.78, 5) is 0. The lowest BCUT2D eigenvalue weighted by Gasteiger charge is -2.02. The molecule has 0 spiro atoms. The summed E-state index contributed by atoms with van der Waals surface area (Å²) in [5.74, 6) is 0.707. The molecule has 0 aromatic rings. The predicted molar refractivity (Wildman–Crippen MR) is 42.3 cm³/mol. The van der Waals surface area contributed by atoms with Crippen LogP contribution in [0.5, 0.6) is 0 Å². The normalized spacial score (nSPS) is 14.6. The third-order valence-corrected chi connectivity index (χ3v) is 1.38. The van der Waals surface area contributed by atoms with E-state index in [1.807, 2.05) is 0 Å². The molecule has 0 aliphatic rings. The minimum absolute atomic E-state index is 0.707. The second kappa shape index (κ2) is 5.83. The fourth-order valence-corrected chi connectivity index (χ4v) is 0.865. The van der Waals surface area contributed by atoms with Crippen LogP contribution in [0.2, 0.25) is 0 Å². The lowest BCUT2D eigenvalue weighted by atomic mass is 10.1. The molecule has 0 aliphatic heterocycles. The van der Waals surface area contributed by atoms with Crippen molar-refractivity contribution in [3.63, 3.8) is 0 Å². The third kappa shape index (κ3) is 5.57. The van der Waals surface area contributed by atoms with Gasteiger partial charge in [0.1, 0.15) is 0 Å². The summed E-state index contributed by atoms with van der Waals surface area (Å²) in [5, 5.41) is 0. The summed E-state index contributed by atoms with van der Waals surface area (Å²) in [6.45, 7) is 5.09. The van der Waals surface area contributed by atoms with E-state index < -0.39 is 0 Å². The van der Waals surface area contributed by atoms with Gasteiger partial charge in [-0.05, 0) is 32.2 Å². The van der Waals surface area contributed by atoms with Gasteiger partial charge in [0.05, 0.1) is 0 Å². The zero-order chi connectivity index (χ0) is 7.11. The first kappa shape index (κ1) is 8.70. The molecule has 0 fully saturated rings. The van der Waals surface area contributed by atoms with Crippen molar-refractivity contribution in [2.24, 2.45) is 11.7 Å². The third-order valence-electron chi connectivity index (χ3n) is 1.38. The van der Waals surface area contributed by atoms with Crippen molar-refractivity contribution in [3.05, 3.63) is 12.2 Å². The monoisotopic (exact) mass is 127 g/mol. The number of allylic oxidation sites excluding steroid dienone is 2. The molecule has 1 unspecified atom stereocenters. The molecular formula is C8H17N. The van der Waals surface area contributed by atoms with Gasteiger partial charge in [-0.2, -0.15) is 0 Å². The summed E-state index contributed by atoms with van der Waals surface area (Å²) in [6.07, 6.45) is 6.68. The van der Waals surface area contributed by atoms with E-state index in [0.29, 0.717) is 5.92 Å². The van der Waals surface area contributed by atoms with Crippen LogP contribution in [-0.4, -0.2) is 6.54 Å². The van der Waals surface area contributed by atoms with Crippen molar-refractivity contribution >= 4 is 0 Å². The van der Waals surface area contributed by atoms with Gasteiger partial charge in [-0.25, -0.2) is 0 Å². The van der Waals surface area contributed by atoms with Crippen molar-refractivity contribution in [3.8, 4) is 0 Å². The first-order valence-electron chi connectivity index (χ1n) is 3.64. The van der Waals surface area contributed by atoms with Crippen LogP contribution in [0, 0.1) is 5.92 Å². The zero-order valence-corrected chi connectivity index (χ0v) is 6.43. The van der Waals surface area contributed by atoms with E-state index in [1.165, 1.54) is 6.42 Å². The minimum Gasteiger partial charge on any atom is -0.330 e. The number of hydrogen-bond donors (Lipinski definition) is 1. The molecule has 1 nitrogen and oxygen atoms in total. The molecule has 1 heteroatoms. The average Bonchev–Trinajstić information content (AvgIpc) is 1.85. The standard InChI is InChI=1S/C8H17N/c1-3-5-8(2)6-4-7-9/h3,5,8H,4,6-7,9H2,1-2H3. The second-order valence-electron chi connectivity index (χ2n) is 2.43. The Morgan fingerprint density at radius 1 is 1.56 bits per heavy atom. The molecule has 9 heavy (non-hydrogen) atoms. The Morgan fingerprint density at radius 3 is 2.67 bits per heavy atom. The summed E-state index contributed by atoms with van der Waals surface area (Å²) in [7, 11) is 0. The molecule has 0 heterocycles. The summed E-state index contributed by atoms with van der Waals surface area (Å²) in [5.41, 5.74) is 5.35. The molecule has 0 saturated heterocycles. The highest BCUT2D eigenvalue weighted by Crippen LogP contribution is 2.04. The smallest absolute Gasteiger partial charge is 0.00771 e. The second-order valence-corrected chi connectivity index (χ2v) is 2.43. The summed E-state index contributed by atoms with van der Waals surface area (Å²) in [6, 6.07) is 0. The Hall–Kier alpha value is -0.300. The molecule has 2 N–H and O–H groups in total. The highest BCUT2D eigenvalue weighted by molar-refractivity contribution is 4.82. The number of nitrogens with two attached hydrogens (primary N) is 1. The quantitative estimate of drug-likeness (QED) is 0.574. The van der Waals surface area contributed by atoms with Crippen molar-refractivity contribution in [2.45, 2.75) is 26.7 Å². The molecule has 0 radical (unpaired) electrons. The van der Waals surface area contributed by atoms with Gasteiger partial charge in [0.15, 0.2) is 0 Å². The molecule has 0 saturated carbocycles. The summed E-state index contributed by atoms with van der Waals surface area (Å²) >= 11 is 0. The first-order chi connectivity index (χ1) is 4.31. The van der Waals surface area contributed by atoms with Crippen LogP contribution in [0.15, 0.2) is 12.2 Å². The van der Waals surface area contributed by atoms with Crippen molar-refractivity contribution in [1.82, 2.24) is 0 Å². The van der Waals surface area contributed by atoms with Crippen LogP contribution in [0.25, 0.3) is 0 Å². The molecule has 54 valence electrons. The zero-order valence-electron chi connectivity index (χ0n) is 6.43. The molecule has 0 amide bonds. The Morgan fingerprint density at radius 2 is 2.22 bits per heavy atom. The van der Waals surface area contributed by atoms with E-state index in [2.05, 4.69) is 26.0 Å². The predicted octanol–water partition coefficient (Wildman–Crippen LogP) is 1.94. The van der Waals surface area contributed by atoms with Crippen molar-refractivity contribution in [1.29, 1.82) is 0 Å². The molecule has 0 aromatic carbocycles. The Kier molecular flexibility index (Phi) is 5.64. The van der Waals surface area contributed by atoms with E-state index in [-0.39, 0.29) is 0 Å². The van der Waals surface area contributed by atoms with Crippen LogP contribution in [-0.2, 0) is 0 Å². The summed E-state index contributed by atoms with van der Waals surface area (Å²) < 4.78 is 0. The van der Waals surface area contributed by atoms with Gasteiger partial charge >= 0.3 is 0 Å². The van der Waals surface area contributed by atoms with Gasteiger partial charge in [-0.15, -0.1) is 0 Å². The topological polar surface area (TPSA) is 26.0 Å². The SMILES string of the molecule is CC=CC(C)CCCN. The van der Waals surface area contributed by atoms with Gasteiger partial charge in [0, 0.05) is 0 Å². The molecule has 0 aliphatic carbocycles. The molecule has 1 atom stereocenters. The molecular weight excluding hydrogens is 110 g/mol. The first-order valence-corrected chi connectivity index (χ1v) is 3.64. The average molecular weight is 127 g/mol. The number of hydrogen-bond acceptors (Lipinski definition) is 1. The molecule has 0 bridgehead atoms. The van der Waals surface area contributed by atoms with Crippen LogP contribution in [0.4, 0.5) is 0 Å². The van der Waals surface area contributed by atoms with Gasteiger partial charge in [-0.3, -0.25) is 0 Å². The highest BCUT2D eigenvalue weighted by Gasteiger charge is 1.92. The molecule has 0 aromatic heterocycles. The Bertz CT molecular complexity index is 76.6. The maximum atomic E-state index is 5.35. The van der Waals surface area contributed by atoms with Gasteiger partial charge in [0.2, 0.25) is 0 Å². The lowest BCUT2D eigenvalue weighted by Crippen LogP contribution is -2.00. The largest absolute Gasteiger partial charge is 0.330 e. The van der Waals surface area contributed by atoms with E-state index in [4.69, 9.17) is 5.73 Å². The van der Waals surface area contributed by atoms with Crippen molar-refractivity contribution < 1.29 is 0 Å². The minimum atomic E-state index is 0.707. The fraction of sp³-hybridized carbons (Fsp3) is 0.750. The van der Waals surface area contributed by atoms with Gasteiger partial charge in [-0.1, -0.05) is 19.1 Å². The van der Waals surface area contributed by atoms with Crippen LogP contribution in [0.1, 0.15) is 26.7 Å². The van der Waals surface area contributed by atoms with E-state index in [1.54, 1.807) is 0 Å². The highest BCUT2D eigenvalue weighted by atomic mass is 14.5.